The summed E-state index contributed by atoms with van der Waals surface area (Å²) in [7, 11) is 0. The minimum atomic E-state index is -0.495. The fourth-order valence-corrected chi connectivity index (χ4v) is 2.07. The van der Waals surface area contributed by atoms with Crippen LogP contribution in [0.25, 0.3) is 0 Å². The Kier molecular flexibility index (Phi) is 3.66. The second kappa shape index (κ2) is 5.21. The van der Waals surface area contributed by atoms with Gasteiger partial charge in [-0.3, -0.25) is 10.1 Å². The molecule has 0 aliphatic heterocycles. The number of hydrogen-bond donors (Lipinski definition) is 2. The first-order valence-corrected chi connectivity index (χ1v) is 6.20. The lowest BCUT2D eigenvalue weighted by molar-refractivity contribution is -0.383. The lowest BCUT2D eigenvalue weighted by atomic mass is 10.2. The number of nitro groups is 1. The van der Waals surface area contributed by atoms with E-state index in [1.807, 2.05) is 24.3 Å². The second-order valence-corrected chi connectivity index (χ2v) is 4.91. The molecule has 2 aromatic carbocycles. The highest BCUT2D eigenvalue weighted by atomic mass is 127. The van der Waals surface area contributed by atoms with E-state index in [0.717, 1.165) is 14.9 Å². The summed E-state index contributed by atoms with van der Waals surface area (Å²) >= 11 is 2.21. The highest BCUT2D eigenvalue weighted by Gasteiger charge is 2.10. The molecular weight excluding hydrogens is 345 g/mol. The molecular formula is C12H10IN3O2. The van der Waals surface area contributed by atoms with E-state index in [1.54, 1.807) is 12.1 Å². The van der Waals surface area contributed by atoms with Gasteiger partial charge < -0.3 is 11.1 Å². The third-order valence-corrected chi connectivity index (χ3v) is 3.01. The van der Waals surface area contributed by atoms with Crippen molar-refractivity contribution in [2.45, 2.75) is 0 Å². The highest BCUT2D eigenvalue weighted by Crippen LogP contribution is 2.27. The number of nitrogens with two attached hydrogens (primary N) is 1. The van der Waals surface area contributed by atoms with Crippen LogP contribution in [0.15, 0.2) is 42.5 Å². The molecule has 0 radical (unpaired) electrons. The second-order valence-electron chi connectivity index (χ2n) is 3.67. The van der Waals surface area contributed by atoms with E-state index in [2.05, 4.69) is 27.9 Å². The van der Waals surface area contributed by atoms with Crippen LogP contribution in [0.1, 0.15) is 0 Å². The fraction of sp³-hybridized carbons (Fsp3) is 0. The standard InChI is InChI=1S/C12H10IN3O2/c13-8-2-1-3-9(6-8)15-10-4-5-12(16(17)18)11(14)7-10/h1-7,15H,14H2. The van der Waals surface area contributed by atoms with Crippen LogP contribution in [0.3, 0.4) is 0 Å². The van der Waals surface area contributed by atoms with E-state index in [-0.39, 0.29) is 11.4 Å². The summed E-state index contributed by atoms with van der Waals surface area (Å²) in [6.07, 6.45) is 0. The summed E-state index contributed by atoms with van der Waals surface area (Å²) < 4.78 is 1.10. The molecule has 2 rings (SSSR count). The molecule has 0 saturated carbocycles. The summed E-state index contributed by atoms with van der Waals surface area (Å²) in [5.74, 6) is 0. The summed E-state index contributed by atoms with van der Waals surface area (Å²) in [6, 6.07) is 12.4. The largest absolute Gasteiger partial charge is 0.393 e. The molecule has 6 heteroatoms. The molecule has 0 aromatic heterocycles. The van der Waals surface area contributed by atoms with Crippen LogP contribution in [0.5, 0.6) is 0 Å². The number of nitrogens with zero attached hydrogens (tertiary/aromatic N) is 1. The first-order valence-electron chi connectivity index (χ1n) is 5.13. The maximum Gasteiger partial charge on any atom is 0.292 e. The Labute approximate surface area is 117 Å². The van der Waals surface area contributed by atoms with E-state index in [1.165, 1.54) is 6.07 Å². The predicted molar refractivity (Wildman–Crippen MR) is 80.0 cm³/mol. The zero-order chi connectivity index (χ0) is 13.1. The van der Waals surface area contributed by atoms with E-state index in [9.17, 15) is 10.1 Å². The first kappa shape index (κ1) is 12.6. The normalized spacial score (nSPS) is 10.1. The van der Waals surface area contributed by atoms with Crippen molar-refractivity contribution in [1.29, 1.82) is 0 Å². The summed E-state index contributed by atoms with van der Waals surface area (Å²) in [4.78, 5) is 10.1. The Balaban J connectivity index is 2.25. The monoisotopic (exact) mass is 355 g/mol. The van der Waals surface area contributed by atoms with Crippen molar-refractivity contribution in [2.75, 3.05) is 11.1 Å². The van der Waals surface area contributed by atoms with Gasteiger partial charge in [-0.15, -0.1) is 0 Å². The minimum absolute atomic E-state index is 0.0804. The van der Waals surface area contributed by atoms with E-state index < -0.39 is 4.92 Å². The van der Waals surface area contributed by atoms with Gasteiger partial charge in [0.2, 0.25) is 0 Å². The van der Waals surface area contributed by atoms with Crippen molar-refractivity contribution < 1.29 is 4.92 Å². The predicted octanol–water partition coefficient (Wildman–Crippen LogP) is 3.53. The zero-order valence-corrected chi connectivity index (χ0v) is 11.4. The zero-order valence-electron chi connectivity index (χ0n) is 9.26. The van der Waals surface area contributed by atoms with Crippen molar-refractivity contribution >= 4 is 45.3 Å². The lowest BCUT2D eigenvalue weighted by Gasteiger charge is -2.07. The molecule has 18 heavy (non-hydrogen) atoms. The van der Waals surface area contributed by atoms with Gasteiger partial charge in [-0.1, -0.05) is 6.07 Å². The van der Waals surface area contributed by atoms with Crippen molar-refractivity contribution in [3.8, 4) is 0 Å². The maximum absolute atomic E-state index is 10.6. The van der Waals surface area contributed by atoms with Crippen LogP contribution in [0.4, 0.5) is 22.7 Å². The average molecular weight is 355 g/mol. The van der Waals surface area contributed by atoms with Crippen LogP contribution >= 0.6 is 22.6 Å². The SMILES string of the molecule is Nc1cc(Nc2cccc(I)c2)ccc1[N+](=O)[O-]. The van der Waals surface area contributed by atoms with Crippen LogP contribution in [-0.2, 0) is 0 Å². The van der Waals surface area contributed by atoms with Crippen molar-refractivity contribution in [3.05, 3.63) is 56.1 Å². The topological polar surface area (TPSA) is 81.2 Å². The fourth-order valence-electron chi connectivity index (χ4n) is 1.53. The third kappa shape index (κ3) is 2.89. The number of nitro benzene ring substituents is 1. The molecule has 3 N–H and O–H groups in total. The number of benzene rings is 2. The number of halogens is 1. The number of rotatable bonds is 3. The number of nitrogens with one attached hydrogen (secondary N) is 1. The van der Waals surface area contributed by atoms with Crippen molar-refractivity contribution in [1.82, 2.24) is 0 Å². The number of nitrogen functional groups attached to an aromatic ring is 1. The highest BCUT2D eigenvalue weighted by molar-refractivity contribution is 14.1. The molecule has 0 heterocycles. The molecule has 0 spiro atoms. The van der Waals surface area contributed by atoms with Gasteiger partial charge in [-0.25, -0.2) is 0 Å². The average Bonchev–Trinajstić information content (AvgIpc) is 2.28. The number of anilines is 3. The molecule has 0 unspecified atom stereocenters. The molecule has 0 bridgehead atoms. The van der Waals surface area contributed by atoms with Crippen LogP contribution in [0, 0.1) is 13.7 Å². The molecule has 92 valence electrons. The third-order valence-electron chi connectivity index (χ3n) is 2.34. The van der Waals surface area contributed by atoms with Gasteiger partial charge >= 0.3 is 0 Å². The first-order chi connectivity index (χ1) is 8.56. The molecule has 0 saturated heterocycles. The van der Waals surface area contributed by atoms with Crippen LogP contribution < -0.4 is 11.1 Å². The molecule has 0 amide bonds. The summed E-state index contributed by atoms with van der Waals surface area (Å²) in [6.45, 7) is 0. The van der Waals surface area contributed by atoms with Gasteiger partial charge in [-0.2, -0.15) is 0 Å². The Bertz CT molecular complexity index is 602. The Morgan fingerprint density at radius 1 is 1.17 bits per heavy atom. The lowest BCUT2D eigenvalue weighted by Crippen LogP contribution is -1.97. The molecule has 0 atom stereocenters. The molecule has 0 fully saturated rings. The van der Waals surface area contributed by atoms with Crippen molar-refractivity contribution in [2.24, 2.45) is 0 Å². The van der Waals surface area contributed by atoms with Gasteiger partial charge in [-0.05, 0) is 52.9 Å². The maximum atomic E-state index is 10.6. The van der Waals surface area contributed by atoms with E-state index in [4.69, 9.17) is 5.73 Å². The Morgan fingerprint density at radius 3 is 2.50 bits per heavy atom. The summed E-state index contributed by atoms with van der Waals surface area (Å²) in [5.41, 5.74) is 7.33. The van der Waals surface area contributed by atoms with Gasteiger partial charge in [0.1, 0.15) is 5.69 Å². The summed E-state index contributed by atoms with van der Waals surface area (Å²) in [5, 5.41) is 13.8. The quantitative estimate of drug-likeness (QED) is 0.382. The van der Waals surface area contributed by atoms with Crippen LogP contribution in [-0.4, -0.2) is 4.92 Å². The minimum Gasteiger partial charge on any atom is -0.393 e. The molecule has 5 nitrogen and oxygen atoms in total. The molecule has 0 aliphatic carbocycles. The Morgan fingerprint density at radius 2 is 1.89 bits per heavy atom. The van der Waals surface area contributed by atoms with Crippen molar-refractivity contribution in [3.63, 3.8) is 0 Å². The van der Waals surface area contributed by atoms with Gasteiger partial charge in [0.05, 0.1) is 4.92 Å². The van der Waals surface area contributed by atoms with Crippen LogP contribution in [0.2, 0.25) is 0 Å². The van der Waals surface area contributed by atoms with E-state index in [0.29, 0.717) is 0 Å². The smallest absolute Gasteiger partial charge is 0.292 e. The van der Waals surface area contributed by atoms with Gasteiger partial charge in [0.25, 0.3) is 5.69 Å². The molecule has 2 aromatic rings. The molecule has 0 aliphatic rings. The number of hydrogen-bond acceptors (Lipinski definition) is 4. The van der Waals surface area contributed by atoms with Gasteiger partial charge in [0, 0.05) is 21.0 Å². The van der Waals surface area contributed by atoms with Gasteiger partial charge in [0.15, 0.2) is 0 Å². The van der Waals surface area contributed by atoms with E-state index >= 15 is 0 Å². The Hall–Kier alpha value is -1.83.